The van der Waals surface area contributed by atoms with Crippen LogP contribution in [0.4, 0.5) is 4.39 Å². The number of aliphatic carboxylic acids is 1. The molecule has 160 valence electrons. The van der Waals surface area contributed by atoms with E-state index in [-0.39, 0.29) is 0 Å². The average molecular weight is 448 g/mol. The van der Waals surface area contributed by atoms with Crippen molar-refractivity contribution >= 4 is 45.7 Å². The number of aromatic amines is 1. The van der Waals surface area contributed by atoms with Crippen molar-refractivity contribution in [3.8, 4) is 0 Å². The summed E-state index contributed by atoms with van der Waals surface area (Å²) in [6.45, 7) is 2.02. The molecule has 0 atom stereocenters. The van der Waals surface area contributed by atoms with Gasteiger partial charge in [-0.2, -0.15) is 5.10 Å². The molecule has 0 bridgehead atoms. The first-order valence-corrected chi connectivity index (χ1v) is 10.3. The van der Waals surface area contributed by atoms with E-state index < -0.39 is 11.8 Å². The fourth-order valence-electron chi connectivity index (χ4n) is 3.72. The first-order valence-electron chi connectivity index (χ1n) is 9.95. The minimum atomic E-state index is -1.01. The van der Waals surface area contributed by atoms with E-state index >= 15 is 0 Å². The van der Waals surface area contributed by atoms with Crippen LogP contribution in [0.3, 0.4) is 0 Å². The molecule has 2 heterocycles. The van der Waals surface area contributed by atoms with E-state index in [9.17, 15) is 9.18 Å². The largest absolute Gasteiger partial charge is 0.478 e. The topological polar surface area (TPSA) is 78.9 Å². The number of carboxylic acid groups (broad SMARTS) is 1. The van der Waals surface area contributed by atoms with Gasteiger partial charge in [0.05, 0.1) is 11.2 Å². The third kappa shape index (κ3) is 4.31. The van der Waals surface area contributed by atoms with Crippen LogP contribution in [0.5, 0.6) is 0 Å². The first-order chi connectivity index (χ1) is 15.5. The van der Waals surface area contributed by atoms with Crippen molar-refractivity contribution in [3.05, 3.63) is 100 Å². The zero-order valence-electron chi connectivity index (χ0n) is 17.1. The van der Waals surface area contributed by atoms with Crippen LogP contribution in [-0.4, -0.2) is 26.3 Å². The van der Waals surface area contributed by atoms with E-state index in [4.69, 9.17) is 16.7 Å². The second-order valence-corrected chi connectivity index (χ2v) is 7.56. The summed E-state index contributed by atoms with van der Waals surface area (Å²) < 4.78 is 14.9. The number of carboxylic acids is 1. The van der Waals surface area contributed by atoms with Crippen molar-refractivity contribution in [3.63, 3.8) is 0 Å². The van der Waals surface area contributed by atoms with Gasteiger partial charge in [-0.05, 0) is 64.1 Å². The van der Waals surface area contributed by atoms with E-state index in [1.54, 1.807) is 18.6 Å². The zero-order valence-corrected chi connectivity index (χ0v) is 17.9. The van der Waals surface area contributed by atoms with Crippen LogP contribution in [0.15, 0.2) is 67.1 Å². The van der Waals surface area contributed by atoms with E-state index in [1.807, 2.05) is 43.3 Å². The van der Waals surface area contributed by atoms with Gasteiger partial charge in [0.15, 0.2) is 0 Å². The third-order valence-corrected chi connectivity index (χ3v) is 5.46. The monoisotopic (exact) mass is 447 g/mol. The number of allylic oxidation sites excluding steroid dienone is 1. The van der Waals surface area contributed by atoms with Gasteiger partial charge in [-0.15, -0.1) is 0 Å². The lowest BCUT2D eigenvalue weighted by Crippen LogP contribution is -1.97. The molecule has 0 saturated heterocycles. The van der Waals surface area contributed by atoms with Crippen LogP contribution in [0.25, 0.3) is 28.1 Å². The second-order valence-electron chi connectivity index (χ2n) is 7.15. The summed E-state index contributed by atoms with van der Waals surface area (Å²) in [6.07, 6.45) is 8.10. The summed E-state index contributed by atoms with van der Waals surface area (Å²) in [7, 11) is 0. The number of pyridine rings is 1. The number of rotatable bonds is 6. The molecule has 0 unspecified atom stereocenters. The van der Waals surface area contributed by atoms with Gasteiger partial charge in [-0.3, -0.25) is 10.1 Å². The number of fused-ring (bicyclic) bond motifs is 1. The van der Waals surface area contributed by atoms with Crippen LogP contribution >= 0.6 is 11.6 Å². The van der Waals surface area contributed by atoms with Crippen molar-refractivity contribution in [2.45, 2.75) is 13.3 Å². The molecule has 0 radical (unpaired) electrons. The molecule has 2 aromatic carbocycles. The number of H-pyrrole nitrogens is 1. The van der Waals surface area contributed by atoms with Crippen LogP contribution in [-0.2, 0) is 4.79 Å². The standard InChI is InChI=1S/C25H19ClFN3O2/c1-2-19(20-9-10-28-14-21(20)26)24(16-6-3-15(4-7-16)5-8-23(31)32)17-11-18-13-29-30-25(18)22(27)12-17/h3-14H,2H2,1H3,(H,29,30)(H,31,32)/b8-5+,24-19+. The molecule has 0 fully saturated rings. The Kier molecular flexibility index (Phi) is 6.14. The molecule has 2 N–H and O–H groups in total. The maximum absolute atomic E-state index is 14.9. The maximum atomic E-state index is 14.9. The highest BCUT2D eigenvalue weighted by Crippen LogP contribution is 2.38. The quantitative estimate of drug-likeness (QED) is 0.344. The van der Waals surface area contributed by atoms with Crippen molar-refractivity contribution in [1.82, 2.24) is 15.2 Å². The lowest BCUT2D eigenvalue weighted by molar-refractivity contribution is -0.131. The summed E-state index contributed by atoms with van der Waals surface area (Å²) >= 11 is 6.47. The van der Waals surface area contributed by atoms with Crippen molar-refractivity contribution in [2.75, 3.05) is 0 Å². The second kappa shape index (κ2) is 9.16. The molecule has 0 spiro atoms. The van der Waals surface area contributed by atoms with Crippen molar-refractivity contribution in [2.24, 2.45) is 0 Å². The Morgan fingerprint density at radius 3 is 2.62 bits per heavy atom. The number of carbonyl (C=O) groups is 1. The molecule has 0 aliphatic rings. The Morgan fingerprint density at radius 1 is 1.16 bits per heavy atom. The zero-order chi connectivity index (χ0) is 22.7. The van der Waals surface area contributed by atoms with Crippen LogP contribution < -0.4 is 0 Å². The molecule has 0 amide bonds. The Bertz CT molecular complexity index is 1360. The molecule has 2 aromatic heterocycles. The van der Waals surface area contributed by atoms with Gasteiger partial charge < -0.3 is 5.11 Å². The molecule has 0 aliphatic heterocycles. The van der Waals surface area contributed by atoms with E-state index in [0.29, 0.717) is 27.9 Å². The van der Waals surface area contributed by atoms with E-state index in [0.717, 1.165) is 33.9 Å². The highest BCUT2D eigenvalue weighted by molar-refractivity contribution is 6.32. The molecule has 4 aromatic rings. The normalized spacial score (nSPS) is 12.3. The fourth-order valence-corrected chi connectivity index (χ4v) is 3.96. The summed E-state index contributed by atoms with van der Waals surface area (Å²) in [5, 5.41) is 16.7. The maximum Gasteiger partial charge on any atom is 0.328 e. The predicted molar refractivity (Wildman–Crippen MR) is 125 cm³/mol. The Balaban J connectivity index is 1.96. The van der Waals surface area contributed by atoms with Crippen LogP contribution in [0.2, 0.25) is 5.02 Å². The number of aromatic nitrogens is 3. The number of benzene rings is 2. The minimum absolute atomic E-state index is 0.349. The van der Waals surface area contributed by atoms with E-state index in [2.05, 4.69) is 15.2 Å². The Morgan fingerprint density at radius 2 is 1.94 bits per heavy atom. The van der Waals surface area contributed by atoms with Gasteiger partial charge in [-0.25, -0.2) is 9.18 Å². The van der Waals surface area contributed by atoms with Gasteiger partial charge in [0.1, 0.15) is 11.3 Å². The highest BCUT2D eigenvalue weighted by atomic mass is 35.5. The minimum Gasteiger partial charge on any atom is -0.478 e. The van der Waals surface area contributed by atoms with Crippen molar-refractivity contribution < 1.29 is 14.3 Å². The third-order valence-electron chi connectivity index (χ3n) is 5.16. The molecular weight excluding hydrogens is 429 g/mol. The van der Waals surface area contributed by atoms with Gasteiger partial charge >= 0.3 is 5.97 Å². The van der Waals surface area contributed by atoms with Crippen molar-refractivity contribution in [1.29, 1.82) is 0 Å². The van der Waals surface area contributed by atoms with Gasteiger partial charge in [0, 0.05) is 23.9 Å². The van der Waals surface area contributed by atoms with Gasteiger partial charge in [0.25, 0.3) is 0 Å². The molecule has 7 heteroatoms. The summed E-state index contributed by atoms with van der Waals surface area (Å²) in [5.74, 6) is -1.41. The number of hydrogen-bond donors (Lipinski definition) is 2. The number of hydrogen-bond acceptors (Lipinski definition) is 3. The summed E-state index contributed by atoms with van der Waals surface area (Å²) in [5.41, 5.74) is 5.22. The lowest BCUT2D eigenvalue weighted by atomic mass is 9.87. The molecule has 0 aliphatic carbocycles. The Labute approximate surface area is 188 Å². The van der Waals surface area contributed by atoms with Crippen LogP contribution in [0, 0.1) is 5.82 Å². The van der Waals surface area contributed by atoms with E-state index in [1.165, 1.54) is 12.1 Å². The molecule has 4 rings (SSSR count). The lowest BCUT2D eigenvalue weighted by Gasteiger charge is -2.17. The summed E-state index contributed by atoms with van der Waals surface area (Å²) in [6, 6.07) is 12.6. The number of nitrogens with one attached hydrogen (secondary N) is 1. The van der Waals surface area contributed by atoms with Gasteiger partial charge in [0.2, 0.25) is 0 Å². The molecule has 0 saturated carbocycles. The van der Waals surface area contributed by atoms with Gasteiger partial charge in [-0.1, -0.05) is 42.8 Å². The average Bonchev–Trinajstić information content (AvgIpc) is 3.26. The predicted octanol–water partition coefficient (Wildman–Crippen LogP) is 6.22. The molecular formula is C25H19ClFN3O2. The SMILES string of the molecule is CC/C(=C(/c1ccc(/C=C/C(=O)O)cc1)c1cc(F)c2[nH]ncc2c1)c1ccncc1Cl. The number of halogens is 2. The fraction of sp³-hybridized carbons (Fsp3) is 0.0800. The smallest absolute Gasteiger partial charge is 0.328 e. The Hall–Kier alpha value is -3.77. The number of nitrogens with zero attached hydrogens (tertiary/aromatic N) is 2. The first kappa shape index (κ1) is 21.5. The molecule has 5 nitrogen and oxygen atoms in total. The summed E-state index contributed by atoms with van der Waals surface area (Å²) in [4.78, 5) is 14.9. The van der Waals surface area contributed by atoms with Crippen LogP contribution in [0.1, 0.15) is 35.6 Å². The molecule has 32 heavy (non-hydrogen) atoms. The highest BCUT2D eigenvalue weighted by Gasteiger charge is 2.17.